The fourth-order valence-electron chi connectivity index (χ4n) is 1.42. The number of hydrogen-bond donors (Lipinski definition) is 0. The quantitative estimate of drug-likeness (QED) is 0.538. The zero-order chi connectivity index (χ0) is 12.2. The van der Waals surface area contributed by atoms with Crippen LogP contribution < -0.4 is 0 Å². The van der Waals surface area contributed by atoms with Gasteiger partial charge in [-0.15, -0.1) is 0 Å². The maximum absolute atomic E-state index is 11.3. The van der Waals surface area contributed by atoms with Crippen LogP contribution in [0.15, 0.2) is 0 Å². The summed E-state index contributed by atoms with van der Waals surface area (Å²) in [6.07, 6.45) is -1.21. The Morgan fingerprint density at radius 1 is 1.50 bits per heavy atom. The average molecular weight is 232 g/mol. The summed E-state index contributed by atoms with van der Waals surface area (Å²) in [7, 11) is 0. The van der Waals surface area contributed by atoms with Gasteiger partial charge in [0, 0.05) is 0 Å². The molecule has 1 aliphatic heterocycles. The van der Waals surface area contributed by atoms with Crippen molar-refractivity contribution >= 4 is 12.1 Å². The first kappa shape index (κ1) is 12.9. The molecule has 16 heavy (non-hydrogen) atoms. The SMILES string of the molecule is CCOC(=O)OC(=O)CC1(C)OCC(C)O1. The van der Waals surface area contributed by atoms with Crippen molar-refractivity contribution in [2.75, 3.05) is 13.2 Å². The fraction of sp³-hybridized carbons (Fsp3) is 0.800. The molecule has 1 saturated heterocycles. The van der Waals surface area contributed by atoms with E-state index in [4.69, 9.17) is 9.47 Å². The third-order valence-electron chi connectivity index (χ3n) is 2.00. The van der Waals surface area contributed by atoms with Crippen molar-refractivity contribution in [3.05, 3.63) is 0 Å². The van der Waals surface area contributed by atoms with Gasteiger partial charge in [-0.25, -0.2) is 4.79 Å². The first-order valence-electron chi connectivity index (χ1n) is 5.14. The molecular formula is C10H16O6. The third kappa shape index (κ3) is 3.79. The minimum absolute atomic E-state index is 0.0691. The smallest absolute Gasteiger partial charge is 0.434 e. The molecule has 0 radical (unpaired) electrons. The molecule has 0 aliphatic carbocycles. The Balaban J connectivity index is 2.36. The van der Waals surface area contributed by atoms with E-state index in [1.165, 1.54) is 0 Å². The molecule has 0 bridgehead atoms. The first-order chi connectivity index (χ1) is 7.45. The van der Waals surface area contributed by atoms with Crippen LogP contribution in [0.1, 0.15) is 27.2 Å². The van der Waals surface area contributed by atoms with Gasteiger partial charge in [-0.2, -0.15) is 0 Å². The van der Waals surface area contributed by atoms with Gasteiger partial charge >= 0.3 is 12.1 Å². The second-order valence-electron chi connectivity index (χ2n) is 3.71. The minimum Gasteiger partial charge on any atom is -0.434 e. The van der Waals surface area contributed by atoms with Crippen molar-refractivity contribution in [3.63, 3.8) is 0 Å². The fourth-order valence-corrected chi connectivity index (χ4v) is 1.42. The molecule has 2 unspecified atom stereocenters. The van der Waals surface area contributed by atoms with E-state index in [0.29, 0.717) is 6.61 Å². The van der Waals surface area contributed by atoms with Crippen molar-refractivity contribution in [3.8, 4) is 0 Å². The number of esters is 1. The van der Waals surface area contributed by atoms with Crippen molar-refractivity contribution in [1.29, 1.82) is 0 Å². The van der Waals surface area contributed by atoms with Gasteiger partial charge in [-0.05, 0) is 20.8 Å². The summed E-state index contributed by atoms with van der Waals surface area (Å²) in [5.74, 6) is -1.74. The second-order valence-corrected chi connectivity index (χ2v) is 3.71. The Hall–Kier alpha value is -1.14. The largest absolute Gasteiger partial charge is 0.516 e. The van der Waals surface area contributed by atoms with Crippen LogP contribution >= 0.6 is 0 Å². The first-order valence-corrected chi connectivity index (χ1v) is 5.14. The maximum atomic E-state index is 11.3. The average Bonchev–Trinajstić information content (AvgIpc) is 2.45. The van der Waals surface area contributed by atoms with E-state index in [9.17, 15) is 9.59 Å². The monoisotopic (exact) mass is 232 g/mol. The van der Waals surface area contributed by atoms with Gasteiger partial charge in [0.2, 0.25) is 0 Å². The summed E-state index contributed by atoms with van der Waals surface area (Å²) in [5.41, 5.74) is 0. The molecule has 0 aromatic heterocycles. The number of rotatable bonds is 3. The van der Waals surface area contributed by atoms with E-state index in [0.717, 1.165) is 0 Å². The Morgan fingerprint density at radius 3 is 2.69 bits per heavy atom. The van der Waals surface area contributed by atoms with Crippen molar-refractivity contribution in [2.24, 2.45) is 0 Å². The molecule has 2 atom stereocenters. The summed E-state index contributed by atoms with van der Waals surface area (Å²) < 4.78 is 19.5. The molecule has 92 valence electrons. The molecule has 0 saturated carbocycles. The summed E-state index contributed by atoms with van der Waals surface area (Å²) in [5, 5.41) is 0. The van der Waals surface area contributed by atoms with E-state index in [-0.39, 0.29) is 19.1 Å². The molecule has 0 aromatic rings. The standard InChI is InChI=1S/C10H16O6/c1-4-13-9(12)15-8(11)5-10(3)14-6-7(2)16-10/h7H,4-6H2,1-3H3. The third-order valence-corrected chi connectivity index (χ3v) is 2.00. The van der Waals surface area contributed by atoms with Crippen LogP contribution in [0.5, 0.6) is 0 Å². The number of carbonyl (C=O) groups excluding carboxylic acids is 2. The van der Waals surface area contributed by atoms with Crippen molar-refractivity contribution < 1.29 is 28.5 Å². The normalized spacial score (nSPS) is 28.8. The Morgan fingerprint density at radius 2 is 2.19 bits per heavy atom. The van der Waals surface area contributed by atoms with Crippen molar-refractivity contribution in [2.45, 2.75) is 39.1 Å². The zero-order valence-electron chi connectivity index (χ0n) is 9.65. The molecule has 6 heteroatoms. The predicted octanol–water partition coefficient (Wildman–Crippen LogP) is 1.23. The van der Waals surface area contributed by atoms with E-state index in [1.807, 2.05) is 6.92 Å². The zero-order valence-corrected chi connectivity index (χ0v) is 9.65. The highest BCUT2D eigenvalue weighted by Gasteiger charge is 2.38. The Bertz CT molecular complexity index is 276. The minimum atomic E-state index is -1.01. The lowest BCUT2D eigenvalue weighted by Gasteiger charge is -2.21. The molecule has 0 aromatic carbocycles. The number of ether oxygens (including phenoxy) is 4. The van der Waals surface area contributed by atoms with Gasteiger partial charge in [-0.3, -0.25) is 4.79 Å². The topological polar surface area (TPSA) is 71.1 Å². The molecule has 0 spiro atoms. The summed E-state index contributed by atoms with van der Waals surface area (Å²) >= 11 is 0. The maximum Gasteiger partial charge on any atom is 0.516 e. The van der Waals surface area contributed by atoms with Crippen LogP contribution in [0.3, 0.4) is 0 Å². The molecule has 6 nitrogen and oxygen atoms in total. The lowest BCUT2D eigenvalue weighted by atomic mass is 10.2. The molecule has 0 N–H and O–H groups in total. The Kier molecular flexibility index (Phi) is 4.26. The van der Waals surface area contributed by atoms with Crippen LogP contribution in [0.25, 0.3) is 0 Å². The lowest BCUT2D eigenvalue weighted by molar-refractivity contribution is -0.176. The van der Waals surface area contributed by atoms with Crippen molar-refractivity contribution in [1.82, 2.24) is 0 Å². The van der Waals surface area contributed by atoms with Crippen LogP contribution in [0.2, 0.25) is 0 Å². The summed E-state index contributed by atoms with van der Waals surface area (Å²) in [6.45, 7) is 5.67. The number of carbonyl (C=O) groups is 2. The van der Waals surface area contributed by atoms with Gasteiger partial charge in [0.15, 0.2) is 5.79 Å². The van der Waals surface area contributed by atoms with Crippen LogP contribution in [0.4, 0.5) is 4.79 Å². The predicted molar refractivity (Wildman–Crippen MR) is 52.6 cm³/mol. The van der Waals surface area contributed by atoms with Gasteiger partial charge in [0.1, 0.15) is 0 Å². The summed E-state index contributed by atoms with van der Waals surface area (Å²) in [4.78, 5) is 22.2. The van der Waals surface area contributed by atoms with Gasteiger partial charge in [0.05, 0.1) is 25.7 Å². The van der Waals surface area contributed by atoms with E-state index in [1.54, 1.807) is 13.8 Å². The van der Waals surface area contributed by atoms with Crippen LogP contribution in [-0.4, -0.2) is 37.2 Å². The molecule has 1 heterocycles. The second kappa shape index (κ2) is 5.27. The highest BCUT2D eigenvalue weighted by molar-refractivity contribution is 5.82. The van der Waals surface area contributed by atoms with Gasteiger partial charge in [0.25, 0.3) is 0 Å². The van der Waals surface area contributed by atoms with E-state index in [2.05, 4.69) is 9.47 Å². The van der Waals surface area contributed by atoms with E-state index < -0.39 is 17.9 Å². The molecule has 1 rings (SSSR count). The highest BCUT2D eigenvalue weighted by Crippen LogP contribution is 2.26. The summed E-state index contributed by atoms with van der Waals surface area (Å²) in [6, 6.07) is 0. The Labute approximate surface area is 93.8 Å². The molecular weight excluding hydrogens is 216 g/mol. The molecule has 0 amide bonds. The van der Waals surface area contributed by atoms with Gasteiger partial charge in [-0.1, -0.05) is 0 Å². The molecule has 1 fully saturated rings. The van der Waals surface area contributed by atoms with Crippen LogP contribution in [0, 0.1) is 0 Å². The lowest BCUT2D eigenvalue weighted by Crippen LogP contribution is -2.31. The van der Waals surface area contributed by atoms with Crippen LogP contribution in [-0.2, 0) is 23.7 Å². The van der Waals surface area contributed by atoms with E-state index >= 15 is 0 Å². The molecule has 1 aliphatic rings. The number of hydrogen-bond acceptors (Lipinski definition) is 6. The highest BCUT2D eigenvalue weighted by atomic mass is 16.8. The van der Waals surface area contributed by atoms with Gasteiger partial charge < -0.3 is 18.9 Å².